The van der Waals surface area contributed by atoms with Gasteiger partial charge >= 0.3 is 0 Å². The maximum absolute atomic E-state index is 6.90. The summed E-state index contributed by atoms with van der Waals surface area (Å²) in [6, 6.07) is 3.83. The van der Waals surface area contributed by atoms with E-state index in [1.807, 2.05) is 16.9 Å². The minimum absolute atomic E-state index is 0.155. The number of hydrogen-bond donors (Lipinski definition) is 0. The van der Waals surface area contributed by atoms with E-state index in [2.05, 4.69) is 67.7 Å². The van der Waals surface area contributed by atoms with Gasteiger partial charge in [-0.25, -0.2) is 14.6 Å². The molecule has 0 aliphatic carbocycles. The van der Waals surface area contributed by atoms with Crippen molar-refractivity contribution in [3.8, 4) is 0 Å². The van der Waals surface area contributed by atoms with Crippen LogP contribution >= 0.6 is 11.6 Å². The van der Waals surface area contributed by atoms with E-state index in [4.69, 9.17) is 16.0 Å². The highest BCUT2D eigenvalue weighted by Gasteiger charge is 2.45. The largest absolute Gasteiger partial charge is 0.413 e. The lowest BCUT2D eigenvalue weighted by atomic mass is 10.1. The molecule has 3 rings (SSSR count). The molecule has 3 aromatic rings. The van der Waals surface area contributed by atoms with E-state index in [-0.39, 0.29) is 6.04 Å². The van der Waals surface area contributed by atoms with Crippen molar-refractivity contribution < 1.29 is 4.43 Å². The van der Waals surface area contributed by atoms with Gasteiger partial charge in [0.2, 0.25) is 0 Å². The second-order valence-corrected chi connectivity index (χ2v) is 14.3. The van der Waals surface area contributed by atoms with Gasteiger partial charge < -0.3 is 4.43 Å². The Morgan fingerprint density at radius 3 is 2.31 bits per heavy atom. The first-order valence-electron chi connectivity index (χ1n) is 10.2. The number of aromatic nitrogens is 5. The second-order valence-electron chi connectivity index (χ2n) is 8.42. The van der Waals surface area contributed by atoms with Crippen molar-refractivity contribution in [3.63, 3.8) is 0 Å². The summed E-state index contributed by atoms with van der Waals surface area (Å²) in [5.74, 6) is 0. The lowest BCUT2D eigenvalue weighted by Gasteiger charge is -2.43. The molecule has 156 valence electrons. The molecule has 0 fully saturated rings. The van der Waals surface area contributed by atoms with Gasteiger partial charge in [0, 0.05) is 12.4 Å². The molecule has 0 aliphatic heterocycles. The average Bonchev–Trinajstić information content (AvgIpc) is 3.08. The van der Waals surface area contributed by atoms with Crippen molar-refractivity contribution >= 4 is 31.1 Å². The Balaban J connectivity index is 2.04. The number of pyridine rings is 1. The van der Waals surface area contributed by atoms with Crippen molar-refractivity contribution in [2.75, 3.05) is 6.61 Å². The number of halogens is 1. The Kier molecular flexibility index (Phi) is 6.71. The van der Waals surface area contributed by atoms with Crippen LogP contribution in [0.2, 0.25) is 21.8 Å². The summed E-state index contributed by atoms with van der Waals surface area (Å²) in [5, 5.41) is 4.94. The van der Waals surface area contributed by atoms with Crippen LogP contribution in [0.4, 0.5) is 0 Å². The third-order valence-electron chi connectivity index (χ3n) is 5.84. The van der Waals surface area contributed by atoms with Crippen LogP contribution in [-0.4, -0.2) is 39.7 Å². The van der Waals surface area contributed by atoms with Gasteiger partial charge in [0.05, 0.1) is 19.0 Å². The first-order chi connectivity index (χ1) is 13.8. The van der Waals surface area contributed by atoms with Crippen LogP contribution in [0.15, 0.2) is 36.9 Å². The summed E-state index contributed by atoms with van der Waals surface area (Å²) < 4.78 is 8.77. The fourth-order valence-corrected chi connectivity index (χ4v) is 10.2. The Morgan fingerprint density at radius 2 is 1.72 bits per heavy atom. The molecule has 0 saturated heterocycles. The predicted octanol–water partition coefficient (Wildman–Crippen LogP) is 5.66. The van der Waals surface area contributed by atoms with Crippen LogP contribution in [0.25, 0.3) is 11.2 Å². The van der Waals surface area contributed by atoms with Crippen molar-refractivity contribution in [1.29, 1.82) is 0 Å². The zero-order chi connectivity index (χ0) is 21.2. The van der Waals surface area contributed by atoms with Crippen molar-refractivity contribution in [2.24, 2.45) is 0 Å². The van der Waals surface area contributed by atoms with E-state index in [9.17, 15) is 0 Å². The standard InChI is InChI=1S/C21H30ClN5OSi/c1-14(2)29(15(3)4,16(5)6)28-13-19(17-8-7-9-23-10-17)27-21-18(11-25-27)24-12-20(22)26-21/h7-12,14-16,19H,13H2,1-6H3. The molecule has 0 bridgehead atoms. The number of hydrogen-bond acceptors (Lipinski definition) is 5. The van der Waals surface area contributed by atoms with Gasteiger partial charge in [0.25, 0.3) is 0 Å². The Morgan fingerprint density at radius 1 is 1.03 bits per heavy atom. The Hall–Kier alpha value is -1.83. The number of rotatable bonds is 8. The molecule has 0 radical (unpaired) electrons. The zero-order valence-corrected chi connectivity index (χ0v) is 19.8. The van der Waals surface area contributed by atoms with Crippen molar-refractivity contribution in [1.82, 2.24) is 24.7 Å². The molecule has 3 aromatic heterocycles. The van der Waals surface area contributed by atoms with Gasteiger partial charge in [-0.1, -0.05) is 59.2 Å². The molecule has 6 nitrogen and oxygen atoms in total. The molecule has 0 aromatic carbocycles. The van der Waals surface area contributed by atoms with Gasteiger partial charge in [0.1, 0.15) is 16.7 Å². The highest BCUT2D eigenvalue weighted by Crippen LogP contribution is 2.43. The van der Waals surface area contributed by atoms with Crippen molar-refractivity contribution in [2.45, 2.75) is 64.2 Å². The predicted molar refractivity (Wildman–Crippen MR) is 120 cm³/mol. The first kappa shape index (κ1) is 21.9. The van der Waals surface area contributed by atoms with Gasteiger partial charge in [-0.15, -0.1) is 0 Å². The number of nitrogens with zero attached hydrogens (tertiary/aromatic N) is 5. The summed E-state index contributed by atoms with van der Waals surface area (Å²) >= 11 is 6.12. The summed E-state index contributed by atoms with van der Waals surface area (Å²) in [6.07, 6.45) is 6.90. The molecule has 3 heterocycles. The fraction of sp³-hybridized carbons (Fsp3) is 0.524. The first-order valence-corrected chi connectivity index (χ1v) is 12.7. The van der Waals surface area contributed by atoms with Crippen molar-refractivity contribution in [3.05, 3.63) is 47.6 Å². The van der Waals surface area contributed by atoms with Crippen LogP contribution in [0, 0.1) is 0 Å². The van der Waals surface area contributed by atoms with E-state index in [0.717, 1.165) is 5.56 Å². The van der Waals surface area contributed by atoms with Gasteiger partial charge in [-0.05, 0) is 28.3 Å². The normalized spacial score (nSPS) is 13.7. The molecule has 0 aliphatic rings. The molecular weight excluding hydrogens is 402 g/mol. The topological polar surface area (TPSA) is 65.7 Å². The molecule has 29 heavy (non-hydrogen) atoms. The highest BCUT2D eigenvalue weighted by molar-refractivity contribution is 6.77. The molecule has 0 N–H and O–H groups in total. The zero-order valence-electron chi connectivity index (χ0n) is 18.0. The smallest absolute Gasteiger partial charge is 0.200 e. The molecule has 1 unspecified atom stereocenters. The molecular formula is C21H30ClN5OSi. The van der Waals surface area contributed by atoms with Crippen LogP contribution in [0.1, 0.15) is 53.1 Å². The van der Waals surface area contributed by atoms with E-state index in [1.54, 1.807) is 18.6 Å². The molecule has 8 heteroatoms. The van der Waals surface area contributed by atoms with E-state index in [0.29, 0.717) is 39.5 Å². The highest BCUT2D eigenvalue weighted by atomic mass is 35.5. The van der Waals surface area contributed by atoms with Gasteiger partial charge in [-0.3, -0.25) is 4.98 Å². The quantitative estimate of drug-likeness (QED) is 0.430. The SMILES string of the molecule is CC(C)[Si](OCC(c1cccnc1)n1ncc2ncc(Cl)nc21)(C(C)C)C(C)C. The number of fused-ring (bicyclic) bond motifs is 1. The summed E-state index contributed by atoms with van der Waals surface area (Å²) in [7, 11) is -2.04. The second kappa shape index (κ2) is 8.89. The average molecular weight is 432 g/mol. The minimum atomic E-state index is -2.04. The maximum Gasteiger partial charge on any atom is 0.200 e. The third kappa shape index (κ3) is 4.22. The fourth-order valence-electron chi connectivity index (χ4n) is 4.63. The van der Waals surface area contributed by atoms with Gasteiger partial charge in [-0.2, -0.15) is 5.10 Å². The third-order valence-corrected chi connectivity index (χ3v) is 12.1. The van der Waals surface area contributed by atoms with Crippen LogP contribution in [0.5, 0.6) is 0 Å². The minimum Gasteiger partial charge on any atom is -0.413 e. The lowest BCUT2D eigenvalue weighted by Crippen LogP contribution is -2.48. The van der Waals surface area contributed by atoms with Crippen LogP contribution < -0.4 is 0 Å². The summed E-state index contributed by atoms with van der Waals surface area (Å²) in [4.78, 5) is 13.1. The van der Waals surface area contributed by atoms with Crippen LogP contribution in [-0.2, 0) is 4.43 Å². The van der Waals surface area contributed by atoms with E-state index >= 15 is 0 Å². The van der Waals surface area contributed by atoms with E-state index < -0.39 is 8.32 Å². The molecule has 0 spiro atoms. The molecule has 0 saturated carbocycles. The summed E-state index contributed by atoms with van der Waals surface area (Å²) in [5.41, 5.74) is 3.89. The van der Waals surface area contributed by atoms with Crippen LogP contribution in [0.3, 0.4) is 0 Å². The lowest BCUT2D eigenvalue weighted by molar-refractivity contribution is 0.234. The van der Waals surface area contributed by atoms with Gasteiger partial charge in [0.15, 0.2) is 14.0 Å². The Bertz CT molecular complexity index is 923. The molecule has 1 atom stereocenters. The Labute approximate surface area is 178 Å². The van der Waals surface area contributed by atoms with E-state index in [1.165, 1.54) is 0 Å². The maximum atomic E-state index is 6.90. The molecule has 0 amide bonds. The summed E-state index contributed by atoms with van der Waals surface area (Å²) in [6.45, 7) is 14.3. The monoisotopic (exact) mass is 431 g/mol.